The number of hydrogen-bond acceptors (Lipinski definition) is 6. The van der Waals surface area contributed by atoms with Crippen molar-refractivity contribution in [3.8, 4) is 5.75 Å². The molecule has 0 spiro atoms. The molecule has 134 valence electrons. The second-order valence-electron chi connectivity index (χ2n) is 5.53. The minimum atomic E-state index is -2.03. The van der Waals surface area contributed by atoms with Crippen molar-refractivity contribution in [3.05, 3.63) is 44.9 Å². The van der Waals surface area contributed by atoms with E-state index in [0.29, 0.717) is 26.4 Å². The van der Waals surface area contributed by atoms with Gasteiger partial charge in [0.2, 0.25) is 0 Å². The number of rotatable bonds is 7. The van der Waals surface area contributed by atoms with Crippen LogP contribution in [-0.2, 0) is 11.4 Å². The summed E-state index contributed by atoms with van der Waals surface area (Å²) < 4.78 is 5.58. The van der Waals surface area contributed by atoms with E-state index in [4.69, 9.17) is 21.4 Å². The fraction of sp³-hybridized carbons (Fsp3) is 0.312. The number of benzene rings is 1. The predicted octanol–water partition coefficient (Wildman–Crippen LogP) is 2.25. The lowest BCUT2D eigenvalue weighted by Gasteiger charge is -2.17. The number of thiazole rings is 1. The number of halogens is 1. The molecule has 0 fully saturated rings. The topological polar surface area (TPSA) is 109 Å². The number of carbonyl (C=O) groups excluding carboxylic acids is 1. The molecule has 0 aliphatic carbocycles. The highest BCUT2D eigenvalue weighted by Gasteiger charge is 2.30. The van der Waals surface area contributed by atoms with Gasteiger partial charge in [0.15, 0.2) is 5.60 Å². The number of carboxylic acids is 1. The highest BCUT2D eigenvalue weighted by Crippen LogP contribution is 2.21. The highest BCUT2D eigenvalue weighted by atomic mass is 35.5. The molecule has 1 atom stereocenters. The molecule has 1 unspecified atom stereocenters. The summed E-state index contributed by atoms with van der Waals surface area (Å²) in [7, 11) is 0. The Labute approximate surface area is 153 Å². The number of amides is 1. The monoisotopic (exact) mass is 384 g/mol. The van der Waals surface area contributed by atoms with Crippen LogP contribution < -0.4 is 10.1 Å². The average molecular weight is 385 g/mol. The molecular weight excluding hydrogens is 368 g/mol. The normalized spacial score (nSPS) is 13.1. The Balaban J connectivity index is 1.97. The Hall–Kier alpha value is -2.16. The fourth-order valence-corrected chi connectivity index (χ4v) is 2.83. The molecule has 0 saturated heterocycles. The third kappa shape index (κ3) is 5.15. The molecule has 9 heteroatoms. The van der Waals surface area contributed by atoms with Gasteiger partial charge >= 0.3 is 5.97 Å². The van der Waals surface area contributed by atoms with Crippen molar-refractivity contribution < 1.29 is 24.5 Å². The molecule has 1 aromatic heterocycles. The maximum absolute atomic E-state index is 12.2. The van der Waals surface area contributed by atoms with Crippen LogP contribution in [0.15, 0.2) is 24.3 Å². The molecular formula is C16H17ClN2O5S. The minimum absolute atomic E-state index is 0.188. The van der Waals surface area contributed by atoms with Crippen molar-refractivity contribution >= 4 is 34.8 Å². The van der Waals surface area contributed by atoms with Gasteiger partial charge in [0.05, 0.1) is 12.2 Å². The van der Waals surface area contributed by atoms with Crippen LogP contribution in [0.5, 0.6) is 5.75 Å². The maximum Gasteiger partial charge on any atom is 0.337 e. The first-order valence-electron chi connectivity index (χ1n) is 7.27. The molecule has 2 aromatic rings. The number of carbonyl (C=O) groups is 2. The van der Waals surface area contributed by atoms with Crippen molar-refractivity contribution in [1.29, 1.82) is 0 Å². The summed E-state index contributed by atoms with van der Waals surface area (Å²) >= 11 is 6.95. The zero-order valence-electron chi connectivity index (χ0n) is 13.6. The first-order valence-corrected chi connectivity index (χ1v) is 8.47. The molecule has 1 amide bonds. The Morgan fingerprint density at radius 1 is 1.36 bits per heavy atom. The van der Waals surface area contributed by atoms with E-state index >= 15 is 0 Å². The number of aryl methyl sites for hydroxylation is 1. The summed E-state index contributed by atoms with van der Waals surface area (Å²) in [6, 6.07) is 6.86. The van der Waals surface area contributed by atoms with Gasteiger partial charge in [-0.3, -0.25) is 4.79 Å². The number of ether oxygens (including phenoxy) is 1. The van der Waals surface area contributed by atoms with Crippen molar-refractivity contribution in [2.45, 2.75) is 26.1 Å². The highest BCUT2D eigenvalue weighted by molar-refractivity contribution is 7.13. The Kier molecular flexibility index (Phi) is 5.99. The van der Waals surface area contributed by atoms with Gasteiger partial charge in [0, 0.05) is 5.02 Å². The summed E-state index contributed by atoms with van der Waals surface area (Å²) in [6.07, 6.45) is 0. The third-order valence-electron chi connectivity index (χ3n) is 3.28. The minimum Gasteiger partial charge on any atom is -0.486 e. The van der Waals surface area contributed by atoms with Gasteiger partial charge in [-0.25, -0.2) is 9.78 Å². The third-order valence-corrected chi connectivity index (χ3v) is 4.66. The number of nitrogens with one attached hydrogen (secondary N) is 1. The standard InChI is InChI=1S/C16H17ClN2O5S/c1-9-13(14(20)18-8-16(2,23)15(21)22)25-12(19-9)7-24-11-5-3-10(17)4-6-11/h3-6,23H,7-8H2,1-2H3,(H,18,20)(H,21,22). The number of aliphatic carboxylic acids is 1. The molecule has 0 bridgehead atoms. The summed E-state index contributed by atoms with van der Waals surface area (Å²) in [4.78, 5) is 27.6. The number of aliphatic hydroxyl groups is 1. The number of hydrogen-bond donors (Lipinski definition) is 3. The van der Waals surface area contributed by atoms with E-state index in [1.165, 1.54) is 0 Å². The van der Waals surface area contributed by atoms with Crippen LogP contribution in [0.2, 0.25) is 5.02 Å². The van der Waals surface area contributed by atoms with E-state index in [-0.39, 0.29) is 6.61 Å². The van der Waals surface area contributed by atoms with Gasteiger partial charge < -0.3 is 20.3 Å². The second kappa shape index (κ2) is 7.81. The molecule has 2 rings (SSSR count). The predicted molar refractivity (Wildman–Crippen MR) is 93.2 cm³/mol. The van der Waals surface area contributed by atoms with E-state index < -0.39 is 24.0 Å². The first kappa shape index (κ1) is 19.2. The quantitative estimate of drug-likeness (QED) is 0.675. The van der Waals surface area contributed by atoms with Crippen LogP contribution in [0.25, 0.3) is 0 Å². The van der Waals surface area contributed by atoms with Gasteiger partial charge in [-0.05, 0) is 38.1 Å². The Morgan fingerprint density at radius 2 is 2.00 bits per heavy atom. The number of carboxylic acid groups (broad SMARTS) is 1. The van der Waals surface area contributed by atoms with Crippen LogP contribution >= 0.6 is 22.9 Å². The lowest BCUT2D eigenvalue weighted by atomic mass is 10.1. The van der Waals surface area contributed by atoms with Crippen molar-refractivity contribution in [2.75, 3.05) is 6.54 Å². The zero-order chi connectivity index (χ0) is 18.6. The maximum atomic E-state index is 12.2. The molecule has 0 aliphatic heterocycles. The van der Waals surface area contributed by atoms with Crippen LogP contribution in [-0.4, -0.2) is 39.2 Å². The van der Waals surface area contributed by atoms with E-state index in [9.17, 15) is 14.7 Å². The number of nitrogens with zero attached hydrogens (tertiary/aromatic N) is 1. The van der Waals surface area contributed by atoms with E-state index in [1.54, 1.807) is 31.2 Å². The molecule has 0 aliphatic rings. The molecule has 1 aromatic carbocycles. The summed E-state index contributed by atoms with van der Waals surface area (Å²) in [5, 5.41) is 22.1. The molecule has 7 nitrogen and oxygen atoms in total. The number of aromatic nitrogens is 1. The summed E-state index contributed by atoms with van der Waals surface area (Å²) in [5.41, 5.74) is -1.53. The lowest BCUT2D eigenvalue weighted by molar-refractivity contribution is -0.155. The molecule has 0 saturated carbocycles. The van der Waals surface area contributed by atoms with Crippen LogP contribution in [0.3, 0.4) is 0 Å². The van der Waals surface area contributed by atoms with Gasteiger partial charge in [-0.15, -0.1) is 11.3 Å². The zero-order valence-corrected chi connectivity index (χ0v) is 15.1. The van der Waals surface area contributed by atoms with E-state index in [1.807, 2.05) is 0 Å². The summed E-state index contributed by atoms with van der Waals surface area (Å²) in [5.74, 6) is -1.28. The van der Waals surface area contributed by atoms with Gasteiger partial charge in [-0.2, -0.15) is 0 Å². The van der Waals surface area contributed by atoms with Crippen molar-refractivity contribution in [1.82, 2.24) is 10.3 Å². The van der Waals surface area contributed by atoms with Gasteiger partial charge in [0.1, 0.15) is 22.2 Å². The van der Waals surface area contributed by atoms with Crippen LogP contribution in [0.4, 0.5) is 0 Å². The lowest BCUT2D eigenvalue weighted by Crippen LogP contribution is -2.46. The van der Waals surface area contributed by atoms with Crippen LogP contribution in [0, 0.1) is 6.92 Å². The van der Waals surface area contributed by atoms with Crippen molar-refractivity contribution in [3.63, 3.8) is 0 Å². The van der Waals surface area contributed by atoms with Gasteiger partial charge in [-0.1, -0.05) is 11.6 Å². The average Bonchev–Trinajstić information content (AvgIpc) is 2.93. The smallest absolute Gasteiger partial charge is 0.337 e. The molecule has 1 heterocycles. The van der Waals surface area contributed by atoms with E-state index in [0.717, 1.165) is 18.3 Å². The largest absolute Gasteiger partial charge is 0.486 e. The molecule has 25 heavy (non-hydrogen) atoms. The second-order valence-corrected chi connectivity index (χ2v) is 7.05. The SMILES string of the molecule is Cc1nc(COc2ccc(Cl)cc2)sc1C(=O)NCC(C)(O)C(=O)O. The Bertz CT molecular complexity index is 773. The van der Waals surface area contributed by atoms with Crippen molar-refractivity contribution in [2.24, 2.45) is 0 Å². The summed E-state index contributed by atoms with van der Waals surface area (Å²) in [6.45, 7) is 2.56. The fourth-order valence-electron chi connectivity index (χ4n) is 1.81. The Morgan fingerprint density at radius 3 is 2.60 bits per heavy atom. The first-order chi connectivity index (χ1) is 11.7. The van der Waals surface area contributed by atoms with Gasteiger partial charge in [0.25, 0.3) is 5.91 Å². The van der Waals surface area contributed by atoms with Crippen LogP contribution in [0.1, 0.15) is 27.3 Å². The molecule has 0 radical (unpaired) electrons. The molecule has 3 N–H and O–H groups in total. The van der Waals surface area contributed by atoms with E-state index in [2.05, 4.69) is 10.3 Å².